The van der Waals surface area contributed by atoms with E-state index in [1.54, 1.807) is 30.3 Å². The van der Waals surface area contributed by atoms with Gasteiger partial charge in [-0.15, -0.1) is 0 Å². The number of aliphatic hydroxyl groups is 2. The van der Waals surface area contributed by atoms with E-state index in [0.29, 0.717) is 5.56 Å². The van der Waals surface area contributed by atoms with Crippen molar-refractivity contribution < 1.29 is 24.5 Å². The number of aliphatic hydroxyl groups excluding tert-OH is 2. The Balaban J connectivity index is 1.93. The molecule has 1 aliphatic rings. The minimum Gasteiger partial charge on any atom is -0.459 e. The Bertz CT molecular complexity index is 484. The highest BCUT2D eigenvalue weighted by Gasteiger charge is 2.43. The third-order valence-corrected chi connectivity index (χ3v) is 2.91. The van der Waals surface area contributed by atoms with E-state index in [1.807, 2.05) is 6.07 Å². The van der Waals surface area contributed by atoms with Gasteiger partial charge in [-0.05, 0) is 12.1 Å². The summed E-state index contributed by atoms with van der Waals surface area (Å²) in [5, 5.41) is 27.6. The van der Waals surface area contributed by atoms with Gasteiger partial charge in [-0.2, -0.15) is 5.26 Å². The van der Waals surface area contributed by atoms with Crippen LogP contribution in [0.3, 0.4) is 0 Å². The van der Waals surface area contributed by atoms with E-state index >= 15 is 0 Å². The van der Waals surface area contributed by atoms with Crippen LogP contribution in [0.4, 0.5) is 0 Å². The Morgan fingerprint density at radius 1 is 1.37 bits per heavy atom. The normalized spacial score (nSPS) is 29.7. The number of hydrogen-bond acceptors (Lipinski definition) is 6. The van der Waals surface area contributed by atoms with Crippen LogP contribution in [0, 0.1) is 17.2 Å². The second-order valence-corrected chi connectivity index (χ2v) is 4.18. The van der Waals surface area contributed by atoms with E-state index in [9.17, 15) is 15.0 Å². The van der Waals surface area contributed by atoms with E-state index in [1.165, 1.54) is 0 Å². The zero-order valence-corrected chi connectivity index (χ0v) is 9.97. The average Bonchev–Trinajstić information content (AvgIpc) is 2.72. The monoisotopic (exact) mass is 263 g/mol. The third kappa shape index (κ3) is 2.90. The van der Waals surface area contributed by atoms with Gasteiger partial charge >= 0.3 is 5.97 Å². The summed E-state index contributed by atoms with van der Waals surface area (Å²) in [5.74, 6) is -1.46. The summed E-state index contributed by atoms with van der Waals surface area (Å²) in [6, 6.07) is 10.2. The number of hydrogen-bond donors (Lipinski definition) is 2. The van der Waals surface area contributed by atoms with Crippen LogP contribution in [0.25, 0.3) is 0 Å². The zero-order chi connectivity index (χ0) is 13.8. The maximum Gasteiger partial charge on any atom is 0.338 e. The number of carbonyl (C=O) groups excluding carboxylic acids is 1. The lowest BCUT2D eigenvalue weighted by Crippen LogP contribution is -2.28. The number of carbonyl (C=O) groups is 1. The fourth-order valence-electron chi connectivity index (χ4n) is 1.86. The van der Waals surface area contributed by atoms with Gasteiger partial charge in [-0.25, -0.2) is 4.79 Å². The van der Waals surface area contributed by atoms with Gasteiger partial charge in [-0.1, -0.05) is 18.2 Å². The number of nitrogens with zero attached hydrogens (tertiary/aromatic N) is 1. The fourth-order valence-corrected chi connectivity index (χ4v) is 1.86. The summed E-state index contributed by atoms with van der Waals surface area (Å²) in [4.78, 5) is 11.7. The smallest absolute Gasteiger partial charge is 0.338 e. The second kappa shape index (κ2) is 5.80. The predicted molar refractivity (Wildman–Crippen MR) is 62.7 cm³/mol. The number of benzene rings is 1. The Labute approximate surface area is 109 Å². The molecule has 100 valence electrons. The first kappa shape index (κ1) is 13.5. The lowest BCUT2D eigenvalue weighted by molar-refractivity contribution is -0.133. The topological polar surface area (TPSA) is 99.8 Å². The Hall–Kier alpha value is -1.94. The summed E-state index contributed by atoms with van der Waals surface area (Å²) in [7, 11) is 0. The molecule has 0 saturated carbocycles. The molecule has 1 saturated heterocycles. The highest BCUT2D eigenvalue weighted by molar-refractivity contribution is 5.89. The minimum atomic E-state index is -1.43. The number of rotatable bonds is 3. The molecule has 0 spiro atoms. The van der Waals surface area contributed by atoms with Crippen molar-refractivity contribution in [2.45, 2.75) is 18.5 Å². The first-order chi connectivity index (χ1) is 9.13. The van der Waals surface area contributed by atoms with Gasteiger partial charge in [0.1, 0.15) is 24.7 Å². The Kier molecular flexibility index (Phi) is 4.12. The van der Waals surface area contributed by atoms with Crippen molar-refractivity contribution in [1.29, 1.82) is 5.26 Å². The molecule has 1 aromatic carbocycles. The van der Waals surface area contributed by atoms with Crippen LogP contribution in [0.15, 0.2) is 30.3 Å². The molecular weight excluding hydrogens is 250 g/mol. The summed E-state index contributed by atoms with van der Waals surface area (Å²) >= 11 is 0. The van der Waals surface area contributed by atoms with Crippen LogP contribution in [-0.2, 0) is 9.47 Å². The molecule has 4 atom stereocenters. The summed E-state index contributed by atoms with van der Waals surface area (Å²) < 4.78 is 9.97. The van der Waals surface area contributed by atoms with E-state index < -0.39 is 30.4 Å². The van der Waals surface area contributed by atoms with Crippen molar-refractivity contribution in [3.05, 3.63) is 35.9 Å². The largest absolute Gasteiger partial charge is 0.459 e. The molecule has 1 aromatic rings. The number of esters is 1. The first-order valence-corrected chi connectivity index (χ1v) is 5.77. The quantitative estimate of drug-likeness (QED) is 0.748. The van der Waals surface area contributed by atoms with Crippen molar-refractivity contribution in [3.63, 3.8) is 0 Å². The molecule has 0 radical (unpaired) electrons. The molecule has 0 amide bonds. The molecule has 1 fully saturated rings. The van der Waals surface area contributed by atoms with Crippen LogP contribution >= 0.6 is 0 Å². The zero-order valence-electron chi connectivity index (χ0n) is 9.97. The van der Waals surface area contributed by atoms with Crippen molar-refractivity contribution in [2.24, 2.45) is 5.92 Å². The fraction of sp³-hybridized carbons (Fsp3) is 0.385. The molecule has 1 heterocycles. The van der Waals surface area contributed by atoms with Gasteiger partial charge in [-0.3, -0.25) is 0 Å². The SMILES string of the molecule is N#C[C@H]1[C@H](COC(=O)c2ccccc2)OC(O)[C@H]1O. The molecule has 0 aliphatic carbocycles. The van der Waals surface area contributed by atoms with Gasteiger partial charge in [0.15, 0.2) is 6.29 Å². The predicted octanol–water partition coefficient (Wildman–Crippen LogP) is 0.0613. The van der Waals surface area contributed by atoms with Crippen molar-refractivity contribution in [3.8, 4) is 6.07 Å². The Morgan fingerprint density at radius 3 is 2.68 bits per heavy atom. The van der Waals surface area contributed by atoms with E-state index in [4.69, 9.17) is 14.7 Å². The van der Waals surface area contributed by atoms with Gasteiger partial charge in [0.05, 0.1) is 11.6 Å². The molecule has 2 rings (SSSR count). The highest BCUT2D eigenvalue weighted by atomic mass is 16.6. The molecule has 6 heteroatoms. The lowest BCUT2D eigenvalue weighted by Gasteiger charge is -2.13. The summed E-state index contributed by atoms with van der Waals surface area (Å²) in [6.45, 7) is -0.194. The van der Waals surface area contributed by atoms with Crippen LogP contribution in [-0.4, -0.2) is 41.3 Å². The molecule has 0 bridgehead atoms. The van der Waals surface area contributed by atoms with E-state index in [-0.39, 0.29) is 6.61 Å². The van der Waals surface area contributed by atoms with Gasteiger partial charge in [0.25, 0.3) is 0 Å². The van der Waals surface area contributed by atoms with E-state index in [2.05, 4.69) is 0 Å². The van der Waals surface area contributed by atoms with Crippen molar-refractivity contribution in [2.75, 3.05) is 6.61 Å². The van der Waals surface area contributed by atoms with Crippen LogP contribution in [0.1, 0.15) is 10.4 Å². The summed E-state index contributed by atoms with van der Waals surface area (Å²) in [6.07, 6.45) is -3.54. The molecule has 1 unspecified atom stereocenters. The maximum absolute atomic E-state index is 11.7. The third-order valence-electron chi connectivity index (χ3n) is 2.91. The summed E-state index contributed by atoms with van der Waals surface area (Å²) in [5.41, 5.74) is 0.384. The van der Waals surface area contributed by atoms with Crippen LogP contribution in [0.2, 0.25) is 0 Å². The lowest BCUT2D eigenvalue weighted by atomic mass is 10.0. The maximum atomic E-state index is 11.7. The van der Waals surface area contributed by atoms with E-state index in [0.717, 1.165) is 0 Å². The van der Waals surface area contributed by atoms with Gasteiger partial charge in [0.2, 0.25) is 0 Å². The number of ether oxygens (including phenoxy) is 2. The molecule has 1 aliphatic heterocycles. The highest BCUT2D eigenvalue weighted by Crippen LogP contribution is 2.25. The average molecular weight is 263 g/mol. The Morgan fingerprint density at radius 2 is 2.05 bits per heavy atom. The molecular formula is C13H13NO5. The number of nitriles is 1. The molecule has 19 heavy (non-hydrogen) atoms. The van der Waals surface area contributed by atoms with Crippen molar-refractivity contribution >= 4 is 5.97 Å². The van der Waals surface area contributed by atoms with Gasteiger partial charge in [0, 0.05) is 0 Å². The molecule has 6 nitrogen and oxygen atoms in total. The standard InChI is InChI=1S/C13H13NO5/c14-6-9-10(19-13(17)11(9)15)7-18-12(16)8-4-2-1-3-5-8/h1-5,9-11,13,15,17H,7H2/t9-,10-,11-,13?/m0/s1. The minimum absolute atomic E-state index is 0.194. The molecule has 2 N–H and O–H groups in total. The second-order valence-electron chi connectivity index (χ2n) is 4.18. The first-order valence-electron chi connectivity index (χ1n) is 5.77. The van der Waals surface area contributed by atoms with Crippen LogP contribution < -0.4 is 0 Å². The molecule has 0 aromatic heterocycles. The van der Waals surface area contributed by atoms with Crippen molar-refractivity contribution in [1.82, 2.24) is 0 Å². The van der Waals surface area contributed by atoms with Gasteiger partial charge < -0.3 is 19.7 Å². The van der Waals surface area contributed by atoms with Crippen LogP contribution in [0.5, 0.6) is 0 Å².